The van der Waals surface area contributed by atoms with Crippen LogP contribution in [0.2, 0.25) is 0 Å². The van der Waals surface area contributed by atoms with Crippen molar-refractivity contribution in [2.45, 2.75) is 110 Å². The molecule has 4 nitrogen and oxygen atoms in total. The Labute approximate surface area is 157 Å². The molecule has 0 bridgehead atoms. The van der Waals surface area contributed by atoms with Crippen LogP contribution in [0.15, 0.2) is 12.7 Å². The number of nitrogens with two attached hydrogens (primary N) is 1. The predicted molar refractivity (Wildman–Crippen MR) is 111 cm³/mol. The molecule has 0 unspecified atom stereocenters. The molecule has 0 saturated heterocycles. The quantitative estimate of drug-likeness (QED) is 0.201. The van der Waals surface area contributed by atoms with Crippen molar-refractivity contribution in [1.29, 1.82) is 0 Å². The highest BCUT2D eigenvalue weighted by molar-refractivity contribution is 5.66. The average Bonchev–Trinajstić information content (AvgIpc) is 2.58. The van der Waals surface area contributed by atoms with Gasteiger partial charge in [-0.05, 0) is 6.42 Å². The smallest absolute Gasteiger partial charge is 0.303 e. The van der Waals surface area contributed by atoms with Crippen molar-refractivity contribution in [2.24, 2.45) is 5.73 Å². The second kappa shape index (κ2) is 28.0. The van der Waals surface area contributed by atoms with Gasteiger partial charge in [0.05, 0.1) is 0 Å². The fraction of sp³-hybridized carbons (Fsp3) is 0.857. The van der Waals surface area contributed by atoms with E-state index in [0.717, 1.165) is 12.8 Å². The molecule has 0 fully saturated rings. The van der Waals surface area contributed by atoms with Crippen molar-refractivity contribution in [2.75, 3.05) is 6.54 Å². The van der Waals surface area contributed by atoms with Crippen molar-refractivity contribution in [1.82, 2.24) is 6.15 Å². The minimum absolute atomic E-state index is 0. The van der Waals surface area contributed by atoms with E-state index in [4.69, 9.17) is 10.8 Å². The molecule has 0 radical (unpaired) electrons. The Bertz CT molecular complexity index is 258. The van der Waals surface area contributed by atoms with Crippen molar-refractivity contribution in [3.63, 3.8) is 0 Å². The predicted octanol–water partition coefficient (Wildman–Crippen LogP) is 6.63. The summed E-state index contributed by atoms with van der Waals surface area (Å²) in [5, 5.41) is 8.52. The van der Waals surface area contributed by atoms with Crippen molar-refractivity contribution in [3.8, 4) is 0 Å². The molecular formula is C21H46N2O2. The molecule has 0 aromatic heterocycles. The van der Waals surface area contributed by atoms with Gasteiger partial charge in [-0.25, -0.2) is 0 Å². The maximum Gasteiger partial charge on any atom is 0.303 e. The lowest BCUT2D eigenvalue weighted by Crippen LogP contribution is -1.93. The zero-order valence-electron chi connectivity index (χ0n) is 16.9. The number of carboxylic acids is 1. The Kier molecular flexibility index (Phi) is 32.3. The molecule has 6 N–H and O–H groups in total. The van der Waals surface area contributed by atoms with E-state index in [2.05, 4.69) is 13.5 Å². The number of aliphatic carboxylic acids is 1. The second-order valence-electron chi connectivity index (χ2n) is 6.62. The highest BCUT2D eigenvalue weighted by Crippen LogP contribution is 2.13. The Morgan fingerprint density at radius 2 is 1.08 bits per heavy atom. The number of hydrogen-bond acceptors (Lipinski definition) is 3. The average molecular weight is 359 g/mol. The molecule has 0 amide bonds. The summed E-state index contributed by atoms with van der Waals surface area (Å²) in [5.41, 5.74) is 4.91. The van der Waals surface area contributed by atoms with Gasteiger partial charge in [-0.2, -0.15) is 0 Å². The van der Waals surface area contributed by atoms with E-state index in [1.807, 2.05) is 0 Å². The highest BCUT2D eigenvalue weighted by Gasteiger charge is 1.97. The fourth-order valence-electron chi connectivity index (χ4n) is 2.65. The Morgan fingerprint density at radius 1 is 0.800 bits per heavy atom. The standard InChI is InChI=1S/C18H36O2.C3H7N.H3N/c1-2-3-4-5-6-7-8-9-10-11-12-13-14-15-16-17-18(19)20;1-2-3-4;/h2-17H2,1H3,(H,19,20);2H,1,3-4H2;1H3. The van der Waals surface area contributed by atoms with Crippen LogP contribution in [0.5, 0.6) is 0 Å². The van der Waals surface area contributed by atoms with E-state index < -0.39 is 5.97 Å². The molecule has 4 heteroatoms. The Hall–Kier alpha value is -0.870. The number of rotatable bonds is 17. The zero-order valence-corrected chi connectivity index (χ0v) is 16.9. The maximum atomic E-state index is 10.3. The normalized spacial score (nSPS) is 9.68. The summed E-state index contributed by atoms with van der Waals surface area (Å²) in [4.78, 5) is 10.3. The largest absolute Gasteiger partial charge is 0.481 e. The zero-order chi connectivity index (χ0) is 18.3. The molecule has 0 spiro atoms. The molecule has 152 valence electrons. The Balaban J connectivity index is -0.000000867. The molecule has 0 aromatic rings. The molecular weight excluding hydrogens is 312 g/mol. The monoisotopic (exact) mass is 358 g/mol. The minimum Gasteiger partial charge on any atom is -0.481 e. The van der Waals surface area contributed by atoms with Crippen LogP contribution in [0.3, 0.4) is 0 Å². The molecule has 0 saturated carbocycles. The van der Waals surface area contributed by atoms with Gasteiger partial charge < -0.3 is 17.0 Å². The molecule has 0 aromatic carbocycles. The number of carboxylic acid groups (broad SMARTS) is 1. The van der Waals surface area contributed by atoms with Gasteiger partial charge in [0, 0.05) is 13.0 Å². The topological polar surface area (TPSA) is 98.3 Å². The first-order chi connectivity index (χ1) is 11.7. The number of hydrogen-bond donors (Lipinski definition) is 3. The third-order valence-corrected chi connectivity index (χ3v) is 4.16. The third kappa shape index (κ3) is 35.2. The molecule has 0 heterocycles. The summed E-state index contributed by atoms with van der Waals surface area (Å²) in [7, 11) is 0. The molecule has 0 aliphatic rings. The van der Waals surface area contributed by atoms with Crippen LogP contribution in [-0.2, 0) is 4.79 Å². The molecule has 0 rings (SSSR count). The third-order valence-electron chi connectivity index (χ3n) is 4.16. The van der Waals surface area contributed by atoms with Gasteiger partial charge >= 0.3 is 5.97 Å². The summed E-state index contributed by atoms with van der Waals surface area (Å²) >= 11 is 0. The molecule has 0 aliphatic heterocycles. The lowest BCUT2D eigenvalue weighted by atomic mass is 10.0. The fourth-order valence-corrected chi connectivity index (χ4v) is 2.65. The van der Waals surface area contributed by atoms with E-state index in [9.17, 15) is 4.79 Å². The first-order valence-electron chi connectivity index (χ1n) is 10.2. The van der Waals surface area contributed by atoms with Gasteiger partial charge in [0.1, 0.15) is 0 Å². The molecule has 0 aliphatic carbocycles. The van der Waals surface area contributed by atoms with Gasteiger partial charge in [-0.15, -0.1) is 6.58 Å². The molecule has 25 heavy (non-hydrogen) atoms. The van der Waals surface area contributed by atoms with Crippen molar-refractivity contribution >= 4 is 5.97 Å². The van der Waals surface area contributed by atoms with Gasteiger partial charge in [-0.3, -0.25) is 4.79 Å². The maximum absolute atomic E-state index is 10.3. The summed E-state index contributed by atoms with van der Waals surface area (Å²) in [6.07, 6.45) is 21.9. The minimum atomic E-state index is -0.653. The van der Waals surface area contributed by atoms with Gasteiger partial charge in [0.25, 0.3) is 0 Å². The van der Waals surface area contributed by atoms with Gasteiger partial charge in [-0.1, -0.05) is 103 Å². The van der Waals surface area contributed by atoms with Crippen LogP contribution in [0.25, 0.3) is 0 Å². The lowest BCUT2D eigenvalue weighted by molar-refractivity contribution is -0.137. The Morgan fingerprint density at radius 3 is 1.32 bits per heavy atom. The van der Waals surface area contributed by atoms with Crippen LogP contribution < -0.4 is 11.9 Å². The van der Waals surface area contributed by atoms with E-state index in [0.29, 0.717) is 13.0 Å². The summed E-state index contributed by atoms with van der Waals surface area (Å²) < 4.78 is 0. The van der Waals surface area contributed by atoms with E-state index in [1.165, 1.54) is 83.5 Å². The van der Waals surface area contributed by atoms with Crippen LogP contribution in [0.1, 0.15) is 110 Å². The highest BCUT2D eigenvalue weighted by atomic mass is 16.4. The summed E-state index contributed by atoms with van der Waals surface area (Å²) in [5.74, 6) is -0.653. The van der Waals surface area contributed by atoms with Crippen molar-refractivity contribution in [3.05, 3.63) is 12.7 Å². The van der Waals surface area contributed by atoms with E-state index in [1.54, 1.807) is 6.08 Å². The van der Waals surface area contributed by atoms with Crippen molar-refractivity contribution < 1.29 is 9.90 Å². The van der Waals surface area contributed by atoms with E-state index in [-0.39, 0.29) is 6.15 Å². The van der Waals surface area contributed by atoms with Crippen LogP contribution in [0.4, 0.5) is 0 Å². The van der Waals surface area contributed by atoms with Crippen LogP contribution in [0, 0.1) is 0 Å². The van der Waals surface area contributed by atoms with Gasteiger partial charge in [0.15, 0.2) is 0 Å². The van der Waals surface area contributed by atoms with Gasteiger partial charge in [0.2, 0.25) is 0 Å². The lowest BCUT2D eigenvalue weighted by Gasteiger charge is -2.03. The SMILES string of the molecule is C=CCN.CCCCCCCCCCCCCCCCCC(=O)O.N. The second-order valence-corrected chi connectivity index (χ2v) is 6.62. The summed E-state index contributed by atoms with van der Waals surface area (Å²) in [6, 6.07) is 0. The first kappa shape index (κ1) is 28.9. The van der Waals surface area contributed by atoms with Crippen LogP contribution in [-0.4, -0.2) is 17.6 Å². The number of carbonyl (C=O) groups is 1. The molecule has 0 atom stereocenters. The summed E-state index contributed by atoms with van der Waals surface area (Å²) in [6.45, 7) is 6.21. The first-order valence-corrected chi connectivity index (χ1v) is 10.2. The number of unbranched alkanes of at least 4 members (excludes halogenated alkanes) is 14. The van der Waals surface area contributed by atoms with E-state index >= 15 is 0 Å². The van der Waals surface area contributed by atoms with Crippen LogP contribution >= 0.6 is 0 Å².